The van der Waals surface area contributed by atoms with Crippen LogP contribution in [0.4, 0.5) is 0 Å². The number of aliphatic hydroxyl groups excluding tert-OH is 1. The van der Waals surface area contributed by atoms with Crippen LogP contribution in [0.5, 0.6) is 5.75 Å². The molecule has 5 heteroatoms. The maximum atomic E-state index is 12.9. The average Bonchev–Trinajstić information content (AvgIpc) is 2.91. The van der Waals surface area contributed by atoms with E-state index in [0.717, 1.165) is 42.5 Å². The number of benzene rings is 1. The molecule has 1 fully saturated rings. The summed E-state index contributed by atoms with van der Waals surface area (Å²) in [6.07, 6.45) is 3.67. The van der Waals surface area contributed by atoms with Crippen molar-refractivity contribution in [2.45, 2.75) is 38.6 Å². The Hall–Kier alpha value is -2.01. The van der Waals surface area contributed by atoms with Crippen LogP contribution in [-0.4, -0.2) is 42.2 Å². The summed E-state index contributed by atoms with van der Waals surface area (Å²) in [5.74, 6) is 1.07. The molecule has 0 aliphatic carbocycles. The largest absolute Gasteiger partial charge is 0.497 e. The van der Waals surface area contributed by atoms with Crippen LogP contribution < -0.4 is 4.74 Å². The number of nitrogens with zero attached hydrogens (tertiary/aromatic N) is 1. The van der Waals surface area contributed by atoms with E-state index in [1.54, 1.807) is 7.11 Å². The van der Waals surface area contributed by atoms with E-state index in [2.05, 4.69) is 0 Å². The molecule has 2 aromatic rings. The average molecular weight is 317 g/mol. The quantitative estimate of drug-likeness (QED) is 0.941. The van der Waals surface area contributed by atoms with Gasteiger partial charge in [-0.05, 0) is 50.8 Å². The maximum Gasteiger partial charge on any atom is 0.290 e. The number of fused-ring (bicyclic) bond motifs is 1. The Balaban J connectivity index is 1.95. The molecule has 1 unspecified atom stereocenters. The Kier molecular flexibility index (Phi) is 4.57. The second-order valence-electron chi connectivity index (χ2n) is 6.08. The molecule has 1 atom stereocenters. The minimum Gasteiger partial charge on any atom is -0.497 e. The van der Waals surface area contributed by atoms with Gasteiger partial charge in [0.15, 0.2) is 5.76 Å². The van der Waals surface area contributed by atoms with Gasteiger partial charge in [-0.1, -0.05) is 0 Å². The molecule has 1 amide bonds. The summed E-state index contributed by atoms with van der Waals surface area (Å²) in [4.78, 5) is 14.8. The van der Waals surface area contributed by atoms with Gasteiger partial charge in [0.05, 0.1) is 7.11 Å². The van der Waals surface area contributed by atoms with Crippen LogP contribution >= 0.6 is 0 Å². The second kappa shape index (κ2) is 6.62. The minimum atomic E-state index is -0.0733. The molecule has 1 aromatic carbocycles. The number of aliphatic hydroxyl groups is 1. The molecule has 0 bridgehead atoms. The number of aryl methyl sites for hydroxylation is 1. The molecule has 1 aliphatic rings. The molecule has 0 spiro atoms. The van der Waals surface area contributed by atoms with Gasteiger partial charge in [-0.2, -0.15) is 0 Å². The fourth-order valence-corrected chi connectivity index (χ4v) is 3.38. The van der Waals surface area contributed by atoms with Crippen molar-refractivity contribution in [1.82, 2.24) is 4.90 Å². The van der Waals surface area contributed by atoms with Crippen LogP contribution in [0, 0.1) is 6.92 Å². The predicted octanol–water partition coefficient (Wildman–Crippen LogP) is 3.13. The number of methoxy groups -OCH3 is 1. The van der Waals surface area contributed by atoms with E-state index < -0.39 is 0 Å². The first-order chi connectivity index (χ1) is 11.2. The number of piperidine rings is 1. The lowest BCUT2D eigenvalue weighted by Crippen LogP contribution is -2.44. The highest BCUT2D eigenvalue weighted by Crippen LogP contribution is 2.31. The van der Waals surface area contributed by atoms with Gasteiger partial charge in [-0.3, -0.25) is 4.79 Å². The number of hydrogen-bond donors (Lipinski definition) is 1. The van der Waals surface area contributed by atoms with Gasteiger partial charge in [-0.15, -0.1) is 0 Å². The highest BCUT2D eigenvalue weighted by atomic mass is 16.5. The van der Waals surface area contributed by atoms with Crippen molar-refractivity contribution in [2.75, 3.05) is 20.3 Å². The van der Waals surface area contributed by atoms with E-state index in [1.807, 2.05) is 30.0 Å². The van der Waals surface area contributed by atoms with Gasteiger partial charge >= 0.3 is 0 Å². The highest BCUT2D eigenvalue weighted by Gasteiger charge is 2.30. The third-order valence-electron chi connectivity index (χ3n) is 4.69. The molecule has 0 saturated carbocycles. The van der Waals surface area contributed by atoms with Crippen molar-refractivity contribution in [1.29, 1.82) is 0 Å². The molecule has 5 nitrogen and oxygen atoms in total. The maximum absolute atomic E-state index is 12.9. The molecule has 1 aliphatic heterocycles. The summed E-state index contributed by atoms with van der Waals surface area (Å²) in [5, 5.41) is 10.1. The fourth-order valence-electron chi connectivity index (χ4n) is 3.38. The van der Waals surface area contributed by atoms with E-state index in [4.69, 9.17) is 9.15 Å². The van der Waals surface area contributed by atoms with Crippen molar-refractivity contribution in [3.8, 4) is 5.75 Å². The van der Waals surface area contributed by atoms with Crippen molar-refractivity contribution in [3.63, 3.8) is 0 Å². The van der Waals surface area contributed by atoms with E-state index in [-0.39, 0.29) is 18.6 Å². The smallest absolute Gasteiger partial charge is 0.290 e. The number of ether oxygens (including phenoxy) is 1. The zero-order valence-corrected chi connectivity index (χ0v) is 13.7. The Morgan fingerprint density at radius 2 is 2.26 bits per heavy atom. The summed E-state index contributed by atoms with van der Waals surface area (Å²) >= 11 is 0. The molecule has 1 N–H and O–H groups in total. The lowest BCUT2D eigenvalue weighted by molar-refractivity contribution is 0.0544. The summed E-state index contributed by atoms with van der Waals surface area (Å²) in [7, 11) is 1.62. The van der Waals surface area contributed by atoms with Crippen LogP contribution in [0.2, 0.25) is 0 Å². The van der Waals surface area contributed by atoms with Crippen molar-refractivity contribution >= 4 is 16.9 Å². The van der Waals surface area contributed by atoms with Crippen molar-refractivity contribution in [3.05, 3.63) is 29.5 Å². The van der Waals surface area contributed by atoms with Crippen LogP contribution in [0.3, 0.4) is 0 Å². The zero-order valence-electron chi connectivity index (χ0n) is 13.7. The first kappa shape index (κ1) is 15.9. The number of likely N-dealkylation sites (tertiary alicyclic amines) is 1. The van der Waals surface area contributed by atoms with Crippen LogP contribution in [-0.2, 0) is 0 Å². The van der Waals surface area contributed by atoms with Crippen LogP contribution in [0.1, 0.15) is 41.8 Å². The Bertz CT molecular complexity index is 704. The summed E-state index contributed by atoms with van der Waals surface area (Å²) in [6.45, 7) is 2.73. The number of rotatable bonds is 4. The highest BCUT2D eigenvalue weighted by molar-refractivity contribution is 5.99. The monoisotopic (exact) mass is 317 g/mol. The van der Waals surface area contributed by atoms with E-state index in [0.29, 0.717) is 17.8 Å². The van der Waals surface area contributed by atoms with Crippen molar-refractivity contribution < 1.29 is 19.1 Å². The molecule has 1 aromatic heterocycles. The van der Waals surface area contributed by atoms with Gasteiger partial charge in [0, 0.05) is 30.1 Å². The second-order valence-corrected chi connectivity index (χ2v) is 6.08. The molecular weight excluding hydrogens is 294 g/mol. The summed E-state index contributed by atoms with van der Waals surface area (Å²) in [5.41, 5.74) is 1.54. The van der Waals surface area contributed by atoms with E-state index >= 15 is 0 Å². The van der Waals surface area contributed by atoms with E-state index in [9.17, 15) is 9.90 Å². The number of carbonyl (C=O) groups is 1. The minimum absolute atomic E-state index is 0.0733. The lowest BCUT2D eigenvalue weighted by atomic mass is 9.99. The molecule has 3 rings (SSSR count). The zero-order chi connectivity index (χ0) is 16.4. The Labute approximate surface area is 135 Å². The normalized spacial score (nSPS) is 18.4. The van der Waals surface area contributed by atoms with Crippen LogP contribution in [0.25, 0.3) is 11.0 Å². The molecule has 2 heterocycles. The third kappa shape index (κ3) is 2.93. The van der Waals surface area contributed by atoms with Gasteiger partial charge in [-0.25, -0.2) is 0 Å². The Morgan fingerprint density at radius 1 is 1.43 bits per heavy atom. The van der Waals surface area contributed by atoms with Crippen molar-refractivity contribution in [2.24, 2.45) is 0 Å². The van der Waals surface area contributed by atoms with Gasteiger partial charge in [0.25, 0.3) is 5.91 Å². The number of amides is 1. The molecule has 23 heavy (non-hydrogen) atoms. The predicted molar refractivity (Wildman–Crippen MR) is 87.9 cm³/mol. The molecular formula is C18H23NO4. The molecule has 0 radical (unpaired) electrons. The molecule has 1 saturated heterocycles. The first-order valence-electron chi connectivity index (χ1n) is 8.14. The lowest BCUT2D eigenvalue weighted by Gasteiger charge is -2.35. The summed E-state index contributed by atoms with van der Waals surface area (Å²) in [6, 6.07) is 5.66. The van der Waals surface area contributed by atoms with Crippen LogP contribution in [0.15, 0.2) is 22.6 Å². The summed E-state index contributed by atoms with van der Waals surface area (Å²) < 4.78 is 11.1. The standard InChI is InChI=1S/C18H23NO4/c1-12-15-11-14(22-2)6-7-16(15)23-17(12)18(21)19-9-4-3-5-13(19)8-10-20/h6-7,11,13,20H,3-5,8-10H2,1-2H3. The van der Waals surface area contributed by atoms with Gasteiger partial charge in [0.1, 0.15) is 11.3 Å². The number of furan rings is 1. The molecule has 124 valence electrons. The third-order valence-corrected chi connectivity index (χ3v) is 4.69. The number of hydrogen-bond acceptors (Lipinski definition) is 4. The SMILES string of the molecule is COc1ccc2oc(C(=O)N3CCCCC3CCO)c(C)c2c1. The fraction of sp³-hybridized carbons (Fsp3) is 0.500. The van der Waals surface area contributed by atoms with Gasteiger partial charge < -0.3 is 19.2 Å². The topological polar surface area (TPSA) is 62.9 Å². The number of carbonyl (C=O) groups excluding carboxylic acids is 1. The Morgan fingerprint density at radius 3 is 3.00 bits per heavy atom. The first-order valence-corrected chi connectivity index (χ1v) is 8.14. The van der Waals surface area contributed by atoms with E-state index in [1.165, 1.54) is 0 Å². The van der Waals surface area contributed by atoms with Gasteiger partial charge in [0.2, 0.25) is 0 Å².